The molecule has 0 radical (unpaired) electrons. The lowest BCUT2D eigenvalue weighted by Gasteiger charge is -2.03. The Morgan fingerprint density at radius 2 is 2.16 bits per heavy atom. The van der Waals surface area contributed by atoms with Crippen molar-refractivity contribution >= 4 is 34.3 Å². The van der Waals surface area contributed by atoms with Crippen LogP contribution in [0.1, 0.15) is 21.6 Å². The van der Waals surface area contributed by atoms with Crippen LogP contribution in [0.15, 0.2) is 39.7 Å². The highest BCUT2D eigenvalue weighted by Crippen LogP contribution is 2.31. The van der Waals surface area contributed by atoms with Gasteiger partial charge in [-0.3, -0.25) is 9.20 Å². The van der Waals surface area contributed by atoms with Gasteiger partial charge in [0.2, 0.25) is 0 Å². The number of rotatable bonds is 3. The number of aryl methyl sites for hydroxylation is 2. The van der Waals surface area contributed by atoms with E-state index in [2.05, 4.69) is 37.0 Å². The van der Waals surface area contributed by atoms with Crippen molar-refractivity contribution in [3.8, 4) is 0 Å². The lowest BCUT2D eigenvalue weighted by Crippen LogP contribution is -1.88. The van der Waals surface area contributed by atoms with Gasteiger partial charge >= 0.3 is 0 Å². The van der Waals surface area contributed by atoms with Crippen molar-refractivity contribution in [2.45, 2.75) is 23.8 Å². The van der Waals surface area contributed by atoms with Crippen LogP contribution in [0.4, 0.5) is 0 Å². The second kappa shape index (κ2) is 4.83. The minimum absolute atomic E-state index is 0.625. The fourth-order valence-corrected chi connectivity index (χ4v) is 3.61. The van der Waals surface area contributed by atoms with E-state index in [1.54, 1.807) is 0 Å². The van der Waals surface area contributed by atoms with Crippen molar-refractivity contribution < 1.29 is 4.79 Å². The number of carbonyl (C=O) groups excluding carboxylic acids is 1. The molecule has 0 amide bonds. The van der Waals surface area contributed by atoms with Gasteiger partial charge in [-0.15, -0.1) is 11.3 Å². The Morgan fingerprint density at radius 3 is 2.89 bits per heavy atom. The summed E-state index contributed by atoms with van der Waals surface area (Å²) in [4.78, 5) is 17.7. The first-order valence-corrected chi connectivity index (χ1v) is 7.54. The average molecular weight is 288 g/mol. The van der Waals surface area contributed by atoms with Crippen LogP contribution in [-0.2, 0) is 0 Å². The summed E-state index contributed by atoms with van der Waals surface area (Å²) in [5, 5.41) is 2.70. The number of benzene rings is 1. The predicted octanol–water partition coefficient (Wildman–Crippen LogP) is 3.98. The van der Waals surface area contributed by atoms with E-state index in [0.717, 1.165) is 21.2 Å². The third-order valence-corrected chi connectivity index (χ3v) is 4.81. The van der Waals surface area contributed by atoms with Crippen LogP contribution < -0.4 is 0 Å². The number of nitrogens with zero attached hydrogens (tertiary/aromatic N) is 2. The number of carbonyl (C=O) groups is 1. The van der Waals surface area contributed by atoms with Crippen LogP contribution >= 0.6 is 23.1 Å². The molecule has 0 aliphatic heterocycles. The average Bonchev–Trinajstić information content (AvgIpc) is 2.94. The zero-order valence-electron chi connectivity index (χ0n) is 10.6. The molecule has 96 valence electrons. The van der Waals surface area contributed by atoms with Crippen molar-refractivity contribution in [2.24, 2.45) is 0 Å². The summed E-state index contributed by atoms with van der Waals surface area (Å²) in [6, 6.07) is 6.29. The number of fused-ring (bicyclic) bond motifs is 1. The van der Waals surface area contributed by atoms with E-state index in [9.17, 15) is 4.79 Å². The first-order valence-electron chi connectivity index (χ1n) is 5.85. The highest BCUT2D eigenvalue weighted by Gasteiger charge is 2.13. The van der Waals surface area contributed by atoms with E-state index in [1.807, 2.05) is 16.0 Å². The van der Waals surface area contributed by atoms with Gasteiger partial charge in [-0.2, -0.15) is 0 Å². The number of aldehydes is 1. The number of imidazole rings is 1. The number of hydrogen-bond acceptors (Lipinski definition) is 4. The van der Waals surface area contributed by atoms with Gasteiger partial charge < -0.3 is 0 Å². The summed E-state index contributed by atoms with van der Waals surface area (Å²) in [7, 11) is 0. The van der Waals surface area contributed by atoms with E-state index in [-0.39, 0.29) is 0 Å². The summed E-state index contributed by atoms with van der Waals surface area (Å²) in [6.45, 7) is 4.18. The molecule has 0 N–H and O–H groups in total. The minimum atomic E-state index is 0.625. The molecular weight excluding hydrogens is 276 g/mol. The molecule has 3 nitrogen and oxygen atoms in total. The summed E-state index contributed by atoms with van der Waals surface area (Å²) in [5.41, 5.74) is 3.14. The van der Waals surface area contributed by atoms with Crippen molar-refractivity contribution in [3.63, 3.8) is 0 Å². The van der Waals surface area contributed by atoms with Gasteiger partial charge in [-0.1, -0.05) is 17.8 Å². The molecule has 3 rings (SSSR count). The van der Waals surface area contributed by atoms with Crippen molar-refractivity contribution in [1.82, 2.24) is 9.38 Å². The van der Waals surface area contributed by atoms with Gasteiger partial charge in [0, 0.05) is 16.5 Å². The predicted molar refractivity (Wildman–Crippen MR) is 78.5 cm³/mol. The van der Waals surface area contributed by atoms with Gasteiger partial charge in [0.15, 0.2) is 11.2 Å². The molecule has 1 aromatic carbocycles. The van der Waals surface area contributed by atoms with Crippen molar-refractivity contribution in [2.75, 3.05) is 0 Å². The highest BCUT2D eigenvalue weighted by molar-refractivity contribution is 7.99. The molecule has 0 fully saturated rings. The zero-order chi connectivity index (χ0) is 13.4. The highest BCUT2D eigenvalue weighted by atomic mass is 32.2. The first-order chi connectivity index (χ1) is 9.19. The smallest absolute Gasteiger partial charge is 0.195 e. The van der Waals surface area contributed by atoms with Gasteiger partial charge in [0.1, 0.15) is 10.7 Å². The van der Waals surface area contributed by atoms with Crippen LogP contribution in [0.5, 0.6) is 0 Å². The van der Waals surface area contributed by atoms with Crippen molar-refractivity contribution in [1.29, 1.82) is 0 Å². The second-order valence-corrected chi connectivity index (χ2v) is 6.26. The lowest BCUT2D eigenvalue weighted by atomic mass is 10.1. The SMILES string of the molecule is Cc1ccc(Sc2nc3sccn3c2C=O)cc1C. The Morgan fingerprint density at radius 1 is 1.32 bits per heavy atom. The monoisotopic (exact) mass is 288 g/mol. The summed E-state index contributed by atoms with van der Waals surface area (Å²) >= 11 is 3.07. The van der Waals surface area contributed by atoms with Crippen LogP contribution in [0.3, 0.4) is 0 Å². The quantitative estimate of drug-likeness (QED) is 0.684. The van der Waals surface area contributed by atoms with E-state index < -0.39 is 0 Å². The molecule has 0 unspecified atom stereocenters. The lowest BCUT2D eigenvalue weighted by molar-refractivity contribution is 0.111. The molecular formula is C14H12N2OS2. The van der Waals surface area contributed by atoms with E-state index >= 15 is 0 Å². The number of aromatic nitrogens is 2. The maximum atomic E-state index is 11.2. The Balaban J connectivity index is 2.02. The Kier molecular flexibility index (Phi) is 3.16. The van der Waals surface area contributed by atoms with Crippen LogP contribution in [0.2, 0.25) is 0 Å². The Labute approximate surface area is 119 Å². The Hall–Kier alpha value is -1.59. The molecule has 2 aromatic heterocycles. The van der Waals surface area contributed by atoms with Crippen molar-refractivity contribution in [3.05, 3.63) is 46.6 Å². The Bertz CT molecular complexity index is 758. The summed E-state index contributed by atoms with van der Waals surface area (Å²) < 4.78 is 1.83. The van der Waals surface area contributed by atoms with E-state index in [4.69, 9.17) is 0 Å². The first kappa shape index (κ1) is 12.4. The summed E-state index contributed by atoms with van der Waals surface area (Å²) in [5.74, 6) is 0. The third kappa shape index (κ3) is 2.19. The molecule has 0 atom stereocenters. The van der Waals surface area contributed by atoms with Gasteiger partial charge in [0.05, 0.1) is 0 Å². The second-order valence-electron chi connectivity index (χ2n) is 4.32. The number of hydrogen-bond donors (Lipinski definition) is 0. The van der Waals surface area contributed by atoms with Gasteiger partial charge in [-0.25, -0.2) is 4.98 Å². The molecule has 0 saturated heterocycles. The molecule has 0 aliphatic carbocycles. The normalized spacial score (nSPS) is 11.1. The van der Waals surface area contributed by atoms with Crippen LogP contribution in [0, 0.1) is 13.8 Å². The van der Waals surface area contributed by atoms with Crippen LogP contribution in [-0.4, -0.2) is 15.7 Å². The maximum Gasteiger partial charge on any atom is 0.195 e. The molecule has 0 spiro atoms. The van der Waals surface area contributed by atoms with Crippen LogP contribution in [0.25, 0.3) is 4.96 Å². The fraction of sp³-hybridized carbons (Fsp3) is 0.143. The molecule has 3 aromatic rings. The van der Waals surface area contributed by atoms with E-state index in [1.165, 1.54) is 34.2 Å². The van der Waals surface area contributed by atoms with Gasteiger partial charge in [-0.05, 0) is 37.1 Å². The largest absolute Gasteiger partial charge is 0.296 e. The topological polar surface area (TPSA) is 34.4 Å². The zero-order valence-corrected chi connectivity index (χ0v) is 12.2. The molecule has 0 aliphatic rings. The van der Waals surface area contributed by atoms with Gasteiger partial charge in [0.25, 0.3) is 0 Å². The number of thiazole rings is 1. The minimum Gasteiger partial charge on any atom is -0.296 e. The van der Waals surface area contributed by atoms with E-state index in [0.29, 0.717) is 5.69 Å². The fourth-order valence-electron chi connectivity index (χ4n) is 1.85. The molecule has 19 heavy (non-hydrogen) atoms. The molecule has 5 heteroatoms. The summed E-state index contributed by atoms with van der Waals surface area (Å²) in [6.07, 6.45) is 2.75. The third-order valence-electron chi connectivity index (χ3n) is 3.07. The molecule has 2 heterocycles. The standard InChI is InChI=1S/C14H12N2OS2/c1-9-3-4-11(7-10(9)2)19-13-12(8-17)16-5-6-18-14(16)15-13/h3-8H,1-2H3. The molecule has 0 bridgehead atoms. The molecule has 0 saturated carbocycles. The maximum absolute atomic E-state index is 11.2.